The minimum atomic E-state index is -2.52. The summed E-state index contributed by atoms with van der Waals surface area (Å²) in [5, 5.41) is 0.386. The quantitative estimate of drug-likeness (QED) is 0.508. The molecule has 0 radical (unpaired) electrons. The fraction of sp³-hybridized carbons (Fsp3) is 0.286. The Kier molecular flexibility index (Phi) is 4.50. The fourth-order valence-corrected chi connectivity index (χ4v) is 2.87. The van der Waals surface area contributed by atoms with Gasteiger partial charge in [0.2, 0.25) is 0 Å². The van der Waals surface area contributed by atoms with Crippen molar-refractivity contribution in [3.05, 3.63) is 25.5 Å². The van der Waals surface area contributed by atoms with Gasteiger partial charge in [-0.15, -0.1) is 0 Å². The third kappa shape index (κ3) is 2.59. The van der Waals surface area contributed by atoms with Gasteiger partial charge < -0.3 is 0 Å². The molecule has 1 nitrogen and oxygen atoms in total. The third-order valence-electron chi connectivity index (χ3n) is 1.44. The van der Waals surface area contributed by atoms with Gasteiger partial charge >= 0.3 is 0 Å². The molecule has 1 rings (SSSR count). The van der Waals surface area contributed by atoms with Crippen LogP contribution in [0.5, 0.6) is 0 Å². The van der Waals surface area contributed by atoms with Crippen molar-refractivity contribution in [2.75, 3.05) is 0 Å². The molecule has 0 aliphatic carbocycles. The van der Waals surface area contributed by atoms with Crippen molar-refractivity contribution in [1.82, 2.24) is 4.98 Å². The van der Waals surface area contributed by atoms with Crippen molar-refractivity contribution in [2.24, 2.45) is 0 Å². The van der Waals surface area contributed by atoms with Crippen molar-refractivity contribution >= 4 is 54.5 Å². The maximum Gasteiger partial charge on any atom is 0.280 e. The van der Waals surface area contributed by atoms with Gasteiger partial charge in [-0.2, -0.15) is 0 Å². The number of hydrogen-bond donors (Lipinski definition) is 0. The smallest absolute Gasteiger partial charge is 0.254 e. The zero-order valence-corrected chi connectivity index (χ0v) is 11.5. The van der Waals surface area contributed by atoms with Crippen LogP contribution < -0.4 is 0 Å². The normalized spacial score (nSPS) is 10.9. The molecule has 6 heteroatoms. The van der Waals surface area contributed by atoms with Crippen LogP contribution in [0.2, 0.25) is 0 Å². The molecule has 0 N–H and O–H groups in total. The summed E-state index contributed by atoms with van der Waals surface area (Å²) in [6.07, 6.45) is -1.12. The van der Waals surface area contributed by atoms with E-state index in [0.29, 0.717) is 10.9 Å². The molecule has 1 aromatic rings. The summed E-state index contributed by atoms with van der Waals surface area (Å²) in [7, 11) is 0. The molecule has 0 aliphatic heterocycles. The van der Waals surface area contributed by atoms with Gasteiger partial charge in [0.1, 0.15) is 5.69 Å². The molecule has 72 valence electrons. The fourth-order valence-electron chi connectivity index (χ4n) is 0.833. The zero-order valence-electron chi connectivity index (χ0n) is 6.20. The second-order valence-corrected chi connectivity index (χ2v) is 4.71. The number of alkyl halides is 3. The summed E-state index contributed by atoms with van der Waals surface area (Å²) in [4.78, 5) is 3.68. The minimum absolute atomic E-state index is 0.149. The van der Waals surface area contributed by atoms with Crippen LogP contribution in [0.15, 0.2) is 10.7 Å². The highest BCUT2D eigenvalue weighted by molar-refractivity contribution is 14.1. The SMILES string of the molecule is FC(F)c1ncc(Br)c(I)c1CBr. The first-order valence-corrected chi connectivity index (χ1v) is 6.24. The van der Waals surface area contributed by atoms with Crippen LogP contribution in [0.25, 0.3) is 0 Å². The maximum absolute atomic E-state index is 12.4. The van der Waals surface area contributed by atoms with Gasteiger partial charge in [-0.25, -0.2) is 8.78 Å². The van der Waals surface area contributed by atoms with Gasteiger partial charge in [-0.05, 0) is 38.5 Å². The van der Waals surface area contributed by atoms with E-state index in [0.717, 1.165) is 8.04 Å². The van der Waals surface area contributed by atoms with Gasteiger partial charge in [0.25, 0.3) is 6.43 Å². The van der Waals surface area contributed by atoms with Crippen LogP contribution in [0.1, 0.15) is 17.7 Å². The van der Waals surface area contributed by atoms with Crippen molar-refractivity contribution in [3.63, 3.8) is 0 Å². The number of aromatic nitrogens is 1. The Labute approximate surface area is 105 Å². The number of rotatable bonds is 2. The van der Waals surface area contributed by atoms with E-state index in [4.69, 9.17) is 0 Å². The molecule has 0 unspecified atom stereocenters. The lowest BCUT2D eigenvalue weighted by Crippen LogP contribution is -1.99. The van der Waals surface area contributed by atoms with Gasteiger partial charge in [0.15, 0.2) is 0 Å². The molecule has 13 heavy (non-hydrogen) atoms. The lowest BCUT2D eigenvalue weighted by atomic mass is 10.2. The highest BCUT2D eigenvalue weighted by Gasteiger charge is 2.17. The summed E-state index contributed by atoms with van der Waals surface area (Å²) < 4.78 is 26.4. The van der Waals surface area contributed by atoms with E-state index in [1.807, 2.05) is 22.6 Å². The van der Waals surface area contributed by atoms with Crippen molar-refractivity contribution in [3.8, 4) is 0 Å². The second kappa shape index (κ2) is 4.97. The summed E-state index contributed by atoms with van der Waals surface area (Å²) in [6, 6.07) is 0. The second-order valence-electron chi connectivity index (χ2n) is 2.22. The molecule has 0 aromatic carbocycles. The zero-order chi connectivity index (χ0) is 10.0. The highest BCUT2D eigenvalue weighted by Crippen LogP contribution is 2.30. The molecule has 0 saturated carbocycles. The average Bonchev–Trinajstić information content (AvgIpc) is 2.09. The average molecular weight is 427 g/mol. The molecule has 0 atom stereocenters. The molecular weight excluding hydrogens is 423 g/mol. The molecular formula is C7H4Br2F2IN. The number of pyridine rings is 1. The largest absolute Gasteiger partial charge is 0.280 e. The van der Waals surface area contributed by atoms with E-state index in [2.05, 4.69) is 36.8 Å². The summed E-state index contributed by atoms with van der Waals surface area (Å²) in [5.74, 6) is 0. The third-order valence-corrected chi connectivity index (χ3v) is 4.58. The Hall–Kier alpha value is 0.700. The van der Waals surface area contributed by atoms with Crippen molar-refractivity contribution in [2.45, 2.75) is 11.8 Å². The lowest BCUT2D eigenvalue weighted by Gasteiger charge is -2.08. The first-order valence-electron chi connectivity index (χ1n) is 3.24. The lowest BCUT2D eigenvalue weighted by molar-refractivity contribution is 0.145. The summed E-state index contributed by atoms with van der Waals surface area (Å²) in [5.41, 5.74) is 0.398. The van der Waals surface area contributed by atoms with Crippen LogP contribution >= 0.6 is 54.5 Å². The molecule has 0 saturated heterocycles. The van der Waals surface area contributed by atoms with Crippen LogP contribution in [0.4, 0.5) is 8.78 Å². The van der Waals surface area contributed by atoms with Gasteiger partial charge in [-0.3, -0.25) is 4.98 Å². The van der Waals surface area contributed by atoms with Crippen molar-refractivity contribution in [1.29, 1.82) is 0 Å². The number of hydrogen-bond acceptors (Lipinski definition) is 1. The van der Waals surface area contributed by atoms with E-state index in [1.165, 1.54) is 6.20 Å². The van der Waals surface area contributed by atoms with E-state index in [-0.39, 0.29) is 5.69 Å². The standard InChI is InChI=1S/C7H4Br2F2IN/c8-1-3-5(12)4(9)2-13-6(3)7(10)11/h2,7H,1H2. The van der Waals surface area contributed by atoms with Crippen LogP contribution in [0.3, 0.4) is 0 Å². The van der Waals surface area contributed by atoms with Crippen LogP contribution in [-0.2, 0) is 5.33 Å². The van der Waals surface area contributed by atoms with E-state index in [1.54, 1.807) is 0 Å². The first kappa shape index (κ1) is 11.8. The van der Waals surface area contributed by atoms with Crippen molar-refractivity contribution < 1.29 is 8.78 Å². The van der Waals surface area contributed by atoms with E-state index in [9.17, 15) is 8.78 Å². The molecule has 1 heterocycles. The molecule has 0 spiro atoms. The molecule has 0 amide bonds. The Morgan fingerprint density at radius 1 is 1.54 bits per heavy atom. The predicted molar refractivity (Wildman–Crippen MR) is 62.2 cm³/mol. The van der Waals surface area contributed by atoms with Crippen LogP contribution in [0, 0.1) is 3.57 Å². The van der Waals surface area contributed by atoms with Gasteiger partial charge in [0, 0.05) is 25.1 Å². The van der Waals surface area contributed by atoms with Gasteiger partial charge in [0.05, 0.1) is 0 Å². The Balaban J connectivity index is 3.30. The van der Waals surface area contributed by atoms with E-state index < -0.39 is 6.43 Å². The molecule has 0 aliphatic rings. The van der Waals surface area contributed by atoms with Gasteiger partial charge in [-0.1, -0.05) is 15.9 Å². The molecule has 0 bridgehead atoms. The molecule has 1 aromatic heterocycles. The predicted octanol–water partition coefficient (Wildman–Crippen LogP) is 4.28. The van der Waals surface area contributed by atoms with Crippen LogP contribution in [-0.4, -0.2) is 4.98 Å². The maximum atomic E-state index is 12.4. The highest BCUT2D eigenvalue weighted by atomic mass is 127. The molecule has 0 fully saturated rings. The van der Waals surface area contributed by atoms with E-state index >= 15 is 0 Å². The Bertz CT molecular complexity index is 320. The summed E-state index contributed by atoms with van der Waals surface area (Å²) >= 11 is 8.41. The first-order chi connectivity index (χ1) is 6.07. The summed E-state index contributed by atoms with van der Waals surface area (Å²) in [6.45, 7) is 0. The Morgan fingerprint density at radius 3 is 2.62 bits per heavy atom. The Morgan fingerprint density at radius 2 is 2.15 bits per heavy atom. The number of halogens is 5. The monoisotopic (exact) mass is 425 g/mol. The topological polar surface area (TPSA) is 12.9 Å². The number of nitrogens with zero attached hydrogens (tertiary/aromatic N) is 1. The minimum Gasteiger partial charge on any atom is -0.254 e.